The monoisotopic (exact) mass is 288 g/mol. The summed E-state index contributed by atoms with van der Waals surface area (Å²) in [7, 11) is 0. The molecule has 20 heavy (non-hydrogen) atoms. The van der Waals surface area contributed by atoms with Crippen LogP contribution in [0.2, 0.25) is 5.02 Å². The van der Waals surface area contributed by atoms with Crippen LogP contribution < -0.4 is 15.4 Å². The maximum Gasteiger partial charge on any atom is 0.265 e. The third-order valence-electron chi connectivity index (χ3n) is 3.21. The molecular weight excluding hydrogens is 276 g/mol. The van der Waals surface area contributed by atoms with Gasteiger partial charge in [0.15, 0.2) is 6.61 Å². The van der Waals surface area contributed by atoms with E-state index in [2.05, 4.69) is 0 Å². The van der Waals surface area contributed by atoms with Crippen molar-refractivity contribution in [2.45, 2.75) is 6.54 Å². The summed E-state index contributed by atoms with van der Waals surface area (Å²) in [4.78, 5) is 13.8. The highest BCUT2D eigenvalue weighted by molar-refractivity contribution is 6.33. The zero-order valence-electron chi connectivity index (χ0n) is 10.7. The molecule has 2 aromatic carbocycles. The summed E-state index contributed by atoms with van der Waals surface area (Å²) in [5.41, 5.74) is 8.01. The second-order valence-corrected chi connectivity index (χ2v) is 5.00. The molecule has 0 fully saturated rings. The Morgan fingerprint density at radius 2 is 2.05 bits per heavy atom. The molecule has 1 aliphatic rings. The van der Waals surface area contributed by atoms with Crippen LogP contribution in [0.15, 0.2) is 42.5 Å². The van der Waals surface area contributed by atoms with Crippen molar-refractivity contribution in [1.29, 1.82) is 0 Å². The van der Waals surface area contributed by atoms with Crippen molar-refractivity contribution in [2.24, 2.45) is 0 Å². The summed E-state index contributed by atoms with van der Waals surface area (Å²) >= 11 is 5.91. The largest absolute Gasteiger partial charge is 0.482 e. The van der Waals surface area contributed by atoms with E-state index in [0.29, 0.717) is 23.0 Å². The third kappa shape index (κ3) is 2.30. The predicted molar refractivity (Wildman–Crippen MR) is 79.0 cm³/mol. The lowest BCUT2D eigenvalue weighted by molar-refractivity contribution is -0.121. The van der Waals surface area contributed by atoms with E-state index in [1.807, 2.05) is 30.3 Å². The average Bonchev–Trinajstić information content (AvgIpc) is 2.46. The summed E-state index contributed by atoms with van der Waals surface area (Å²) in [6.07, 6.45) is 0. The van der Waals surface area contributed by atoms with Crippen LogP contribution in [0, 0.1) is 0 Å². The van der Waals surface area contributed by atoms with Crippen molar-refractivity contribution in [2.75, 3.05) is 17.2 Å². The zero-order chi connectivity index (χ0) is 14.1. The summed E-state index contributed by atoms with van der Waals surface area (Å²) in [6, 6.07) is 12.9. The van der Waals surface area contributed by atoms with Gasteiger partial charge in [0.25, 0.3) is 5.91 Å². The highest BCUT2D eigenvalue weighted by Gasteiger charge is 2.25. The fraction of sp³-hybridized carbons (Fsp3) is 0.133. The van der Waals surface area contributed by atoms with Crippen LogP contribution in [0.4, 0.5) is 11.4 Å². The van der Waals surface area contributed by atoms with Gasteiger partial charge in [0.2, 0.25) is 0 Å². The highest BCUT2D eigenvalue weighted by atomic mass is 35.5. The Labute approximate surface area is 121 Å². The molecule has 0 spiro atoms. The Morgan fingerprint density at radius 1 is 1.25 bits per heavy atom. The first-order chi connectivity index (χ1) is 9.65. The molecule has 3 rings (SSSR count). The molecule has 0 radical (unpaired) electrons. The normalized spacial score (nSPS) is 13.8. The molecule has 0 saturated carbocycles. The average molecular weight is 289 g/mol. The van der Waals surface area contributed by atoms with E-state index in [4.69, 9.17) is 22.1 Å². The number of benzene rings is 2. The Kier molecular flexibility index (Phi) is 3.24. The Morgan fingerprint density at radius 3 is 2.85 bits per heavy atom. The lowest BCUT2D eigenvalue weighted by Crippen LogP contribution is -2.38. The molecule has 0 aromatic heterocycles. The van der Waals surface area contributed by atoms with Gasteiger partial charge in [-0.1, -0.05) is 29.8 Å². The summed E-state index contributed by atoms with van der Waals surface area (Å²) in [5.74, 6) is 0.645. The van der Waals surface area contributed by atoms with Crippen LogP contribution in [0.5, 0.6) is 5.75 Å². The molecule has 1 heterocycles. The van der Waals surface area contributed by atoms with Crippen LogP contribution in [-0.4, -0.2) is 12.5 Å². The SMILES string of the molecule is Nc1cc(CN2C(=O)COc3ccccc32)ccc1Cl. The number of halogens is 1. The number of ether oxygens (including phenoxy) is 1. The maximum atomic E-state index is 12.1. The standard InChI is InChI=1S/C15H13ClN2O2/c16-11-6-5-10(7-12(11)17)8-18-13-3-1-2-4-14(13)20-9-15(18)19/h1-7H,8-9,17H2. The number of nitrogen functional groups attached to an aromatic ring is 1. The summed E-state index contributed by atoms with van der Waals surface area (Å²) in [5, 5.41) is 0.516. The molecule has 4 nitrogen and oxygen atoms in total. The smallest absolute Gasteiger partial charge is 0.265 e. The lowest BCUT2D eigenvalue weighted by atomic mass is 10.1. The number of hydrogen-bond acceptors (Lipinski definition) is 3. The molecule has 5 heteroatoms. The van der Waals surface area contributed by atoms with Crippen LogP contribution in [-0.2, 0) is 11.3 Å². The van der Waals surface area contributed by atoms with Crippen molar-refractivity contribution < 1.29 is 9.53 Å². The fourth-order valence-electron chi connectivity index (χ4n) is 2.20. The number of anilines is 2. The van der Waals surface area contributed by atoms with Crippen LogP contribution >= 0.6 is 11.6 Å². The van der Waals surface area contributed by atoms with Gasteiger partial charge in [0.1, 0.15) is 5.75 Å². The van der Waals surface area contributed by atoms with E-state index in [-0.39, 0.29) is 12.5 Å². The summed E-state index contributed by atoms with van der Waals surface area (Å²) in [6.45, 7) is 0.501. The summed E-state index contributed by atoms with van der Waals surface area (Å²) < 4.78 is 5.41. The van der Waals surface area contributed by atoms with Gasteiger partial charge in [-0.2, -0.15) is 0 Å². The predicted octanol–water partition coefficient (Wildman–Crippen LogP) is 2.85. The van der Waals surface area contributed by atoms with Gasteiger partial charge in [-0.3, -0.25) is 4.79 Å². The van der Waals surface area contributed by atoms with Gasteiger partial charge in [0.05, 0.1) is 22.9 Å². The lowest BCUT2D eigenvalue weighted by Gasteiger charge is -2.29. The molecule has 0 saturated heterocycles. The number of fused-ring (bicyclic) bond motifs is 1. The topological polar surface area (TPSA) is 55.6 Å². The van der Waals surface area contributed by atoms with E-state index in [1.54, 1.807) is 17.0 Å². The molecule has 0 aliphatic carbocycles. The van der Waals surface area contributed by atoms with Crippen LogP contribution in [0.1, 0.15) is 5.56 Å². The van der Waals surface area contributed by atoms with Crippen LogP contribution in [0.25, 0.3) is 0 Å². The number of para-hydroxylation sites is 2. The first-order valence-corrected chi connectivity index (χ1v) is 6.59. The van der Waals surface area contributed by atoms with Gasteiger partial charge in [-0.05, 0) is 29.8 Å². The van der Waals surface area contributed by atoms with E-state index >= 15 is 0 Å². The number of carbonyl (C=O) groups excluding carboxylic acids is 1. The minimum Gasteiger partial charge on any atom is -0.482 e. The molecule has 0 bridgehead atoms. The second-order valence-electron chi connectivity index (χ2n) is 4.59. The molecule has 2 N–H and O–H groups in total. The molecule has 0 atom stereocenters. The molecule has 2 aromatic rings. The zero-order valence-corrected chi connectivity index (χ0v) is 11.4. The molecule has 0 unspecified atom stereocenters. The number of carbonyl (C=O) groups is 1. The van der Waals surface area contributed by atoms with E-state index in [9.17, 15) is 4.79 Å². The van der Waals surface area contributed by atoms with Gasteiger partial charge in [-0.25, -0.2) is 0 Å². The third-order valence-corrected chi connectivity index (χ3v) is 3.55. The van der Waals surface area contributed by atoms with Crippen molar-refractivity contribution in [3.05, 3.63) is 53.1 Å². The maximum absolute atomic E-state index is 12.1. The minimum absolute atomic E-state index is 0.0556. The van der Waals surface area contributed by atoms with Gasteiger partial charge < -0.3 is 15.4 Å². The number of rotatable bonds is 2. The Bertz CT molecular complexity index is 673. The van der Waals surface area contributed by atoms with Gasteiger partial charge in [0, 0.05) is 0 Å². The minimum atomic E-state index is -0.0720. The van der Waals surface area contributed by atoms with Crippen molar-refractivity contribution in [3.8, 4) is 5.75 Å². The molecule has 1 amide bonds. The Hall–Kier alpha value is -2.20. The first kappa shape index (κ1) is 12.8. The van der Waals surface area contributed by atoms with Gasteiger partial charge in [-0.15, -0.1) is 0 Å². The van der Waals surface area contributed by atoms with Crippen molar-refractivity contribution in [3.63, 3.8) is 0 Å². The number of amides is 1. The van der Waals surface area contributed by atoms with E-state index < -0.39 is 0 Å². The molecular formula is C15H13ClN2O2. The van der Waals surface area contributed by atoms with E-state index in [0.717, 1.165) is 11.3 Å². The van der Waals surface area contributed by atoms with Crippen LogP contribution in [0.3, 0.4) is 0 Å². The van der Waals surface area contributed by atoms with Gasteiger partial charge >= 0.3 is 0 Å². The quantitative estimate of drug-likeness (QED) is 0.865. The first-order valence-electron chi connectivity index (χ1n) is 6.21. The van der Waals surface area contributed by atoms with E-state index in [1.165, 1.54) is 0 Å². The highest BCUT2D eigenvalue weighted by Crippen LogP contribution is 2.33. The number of nitrogens with two attached hydrogens (primary N) is 1. The molecule has 1 aliphatic heterocycles. The number of hydrogen-bond donors (Lipinski definition) is 1. The second kappa shape index (κ2) is 5.06. The van der Waals surface area contributed by atoms with Crippen molar-refractivity contribution >= 4 is 28.9 Å². The van der Waals surface area contributed by atoms with Crippen molar-refractivity contribution in [1.82, 2.24) is 0 Å². The number of nitrogens with zero attached hydrogens (tertiary/aromatic N) is 1. The molecule has 102 valence electrons. The fourth-order valence-corrected chi connectivity index (χ4v) is 2.32. The Balaban J connectivity index is 1.93.